The van der Waals surface area contributed by atoms with Crippen LogP contribution >= 0.6 is 11.8 Å². The van der Waals surface area contributed by atoms with E-state index in [0.717, 1.165) is 5.56 Å². The number of rotatable bonds is 5. The highest BCUT2D eigenvalue weighted by Gasteiger charge is 2.13. The molecule has 0 aliphatic carbocycles. The van der Waals surface area contributed by atoms with Crippen LogP contribution in [0.15, 0.2) is 30.3 Å². The van der Waals surface area contributed by atoms with Crippen LogP contribution in [0.3, 0.4) is 0 Å². The maximum Gasteiger partial charge on any atom is 0.314 e. The van der Waals surface area contributed by atoms with Gasteiger partial charge < -0.3 is 10.6 Å². The molecular formula is C13H18N2O2S. The van der Waals surface area contributed by atoms with E-state index >= 15 is 0 Å². The van der Waals surface area contributed by atoms with Gasteiger partial charge in [0.1, 0.15) is 0 Å². The third kappa shape index (κ3) is 5.72. The number of urea groups is 1. The van der Waals surface area contributed by atoms with Crippen LogP contribution in [0.1, 0.15) is 12.5 Å². The van der Waals surface area contributed by atoms with Crippen molar-refractivity contribution in [3.63, 3.8) is 0 Å². The normalized spacial score (nSPS) is 11.7. The molecule has 1 rings (SSSR count). The average Bonchev–Trinajstić information content (AvgIpc) is 2.37. The lowest BCUT2D eigenvalue weighted by Crippen LogP contribution is -2.43. The molecule has 2 N–H and O–H groups in total. The summed E-state index contributed by atoms with van der Waals surface area (Å²) in [6.07, 6.45) is 0.717. The molecule has 0 bridgehead atoms. The van der Waals surface area contributed by atoms with Gasteiger partial charge in [-0.25, -0.2) is 4.79 Å². The first kappa shape index (κ1) is 14.6. The molecule has 0 heterocycles. The van der Waals surface area contributed by atoms with Gasteiger partial charge in [0.15, 0.2) is 5.12 Å². The molecular weight excluding hydrogens is 248 g/mol. The van der Waals surface area contributed by atoms with Crippen molar-refractivity contribution in [2.24, 2.45) is 0 Å². The molecule has 0 saturated carbocycles. The predicted molar refractivity (Wildman–Crippen MR) is 74.7 cm³/mol. The van der Waals surface area contributed by atoms with Crippen molar-refractivity contribution >= 4 is 22.9 Å². The summed E-state index contributed by atoms with van der Waals surface area (Å²) >= 11 is 1.23. The Bertz CT molecular complexity index is 395. The largest absolute Gasteiger partial charge is 0.341 e. The minimum Gasteiger partial charge on any atom is -0.341 e. The Balaban J connectivity index is 2.58. The highest BCUT2D eigenvalue weighted by atomic mass is 32.2. The molecule has 5 heteroatoms. The van der Waals surface area contributed by atoms with E-state index in [1.165, 1.54) is 18.7 Å². The van der Waals surface area contributed by atoms with E-state index in [-0.39, 0.29) is 17.2 Å². The number of nitrogens with one attached hydrogen (secondary N) is 2. The molecule has 0 fully saturated rings. The van der Waals surface area contributed by atoms with Crippen LogP contribution in [0.5, 0.6) is 0 Å². The van der Waals surface area contributed by atoms with Crippen molar-refractivity contribution in [2.45, 2.75) is 19.4 Å². The fraction of sp³-hybridized carbons (Fsp3) is 0.385. The highest BCUT2D eigenvalue weighted by molar-refractivity contribution is 8.13. The molecule has 18 heavy (non-hydrogen) atoms. The van der Waals surface area contributed by atoms with E-state index in [0.29, 0.717) is 12.2 Å². The summed E-state index contributed by atoms with van der Waals surface area (Å²) in [5, 5.41) is 5.43. The van der Waals surface area contributed by atoms with Crippen LogP contribution < -0.4 is 10.6 Å². The van der Waals surface area contributed by atoms with Gasteiger partial charge >= 0.3 is 6.03 Å². The molecule has 0 saturated heterocycles. The van der Waals surface area contributed by atoms with E-state index in [1.54, 1.807) is 7.05 Å². The van der Waals surface area contributed by atoms with Crippen molar-refractivity contribution in [1.82, 2.24) is 10.6 Å². The number of hydrogen-bond donors (Lipinski definition) is 2. The third-order valence-corrected chi connectivity index (χ3v) is 3.35. The number of benzene rings is 1. The summed E-state index contributed by atoms with van der Waals surface area (Å²) in [7, 11) is 1.58. The zero-order valence-electron chi connectivity index (χ0n) is 10.6. The van der Waals surface area contributed by atoms with E-state index in [1.807, 2.05) is 30.3 Å². The molecule has 0 aromatic heterocycles. The second-order valence-electron chi connectivity index (χ2n) is 3.91. The predicted octanol–water partition coefficient (Wildman–Crippen LogP) is 1.81. The fourth-order valence-corrected chi connectivity index (χ4v) is 2.16. The molecule has 0 radical (unpaired) electrons. The smallest absolute Gasteiger partial charge is 0.314 e. The molecule has 98 valence electrons. The molecule has 0 spiro atoms. The average molecular weight is 266 g/mol. The SMILES string of the molecule is CNC(=O)NC(CSC(C)=O)Cc1ccccc1. The lowest BCUT2D eigenvalue weighted by Gasteiger charge is -2.17. The van der Waals surface area contributed by atoms with Crippen LogP contribution in [0, 0.1) is 0 Å². The van der Waals surface area contributed by atoms with Crippen LogP contribution in [-0.2, 0) is 11.2 Å². The van der Waals surface area contributed by atoms with Gasteiger partial charge in [-0.3, -0.25) is 4.79 Å². The van der Waals surface area contributed by atoms with Gasteiger partial charge in [0.25, 0.3) is 0 Å². The Labute approximate surface area is 112 Å². The molecule has 2 amide bonds. The van der Waals surface area contributed by atoms with Crippen LogP contribution in [0.25, 0.3) is 0 Å². The van der Waals surface area contributed by atoms with Gasteiger partial charge in [0, 0.05) is 25.8 Å². The molecule has 1 unspecified atom stereocenters. The van der Waals surface area contributed by atoms with Crippen molar-refractivity contribution in [2.75, 3.05) is 12.8 Å². The van der Waals surface area contributed by atoms with Gasteiger partial charge in [-0.05, 0) is 12.0 Å². The summed E-state index contributed by atoms with van der Waals surface area (Å²) in [6, 6.07) is 9.62. The molecule has 0 aliphatic rings. The zero-order chi connectivity index (χ0) is 13.4. The van der Waals surface area contributed by atoms with Crippen molar-refractivity contribution in [1.29, 1.82) is 0 Å². The monoisotopic (exact) mass is 266 g/mol. The summed E-state index contributed by atoms with van der Waals surface area (Å²) in [5.41, 5.74) is 1.14. The molecule has 0 aliphatic heterocycles. The maximum absolute atomic E-state index is 11.3. The molecule has 1 aromatic rings. The number of amides is 2. The first-order valence-corrected chi connectivity index (χ1v) is 6.76. The number of carbonyl (C=O) groups excluding carboxylic acids is 2. The fourth-order valence-electron chi connectivity index (χ4n) is 1.53. The second-order valence-corrected chi connectivity index (χ2v) is 5.11. The highest BCUT2D eigenvalue weighted by Crippen LogP contribution is 2.09. The minimum atomic E-state index is -0.222. The van der Waals surface area contributed by atoms with Crippen molar-refractivity contribution < 1.29 is 9.59 Å². The van der Waals surface area contributed by atoms with E-state index < -0.39 is 0 Å². The maximum atomic E-state index is 11.3. The van der Waals surface area contributed by atoms with Gasteiger partial charge in [-0.15, -0.1) is 0 Å². The summed E-state index contributed by atoms with van der Waals surface area (Å²) in [5.74, 6) is 0.581. The summed E-state index contributed by atoms with van der Waals surface area (Å²) < 4.78 is 0. The van der Waals surface area contributed by atoms with Gasteiger partial charge in [0.05, 0.1) is 0 Å². The van der Waals surface area contributed by atoms with E-state index in [9.17, 15) is 9.59 Å². The molecule has 1 atom stereocenters. The standard InChI is InChI=1S/C13H18N2O2S/c1-10(16)18-9-12(15-13(17)14-2)8-11-6-4-3-5-7-11/h3-7,12H,8-9H2,1-2H3,(H2,14,15,17). The number of hydrogen-bond acceptors (Lipinski definition) is 3. The Hall–Kier alpha value is -1.49. The Kier molecular flexibility index (Phi) is 6.28. The first-order valence-electron chi connectivity index (χ1n) is 5.77. The zero-order valence-corrected chi connectivity index (χ0v) is 11.4. The minimum absolute atomic E-state index is 0.0544. The Morgan fingerprint density at radius 3 is 2.50 bits per heavy atom. The second kappa shape index (κ2) is 7.76. The van der Waals surface area contributed by atoms with Gasteiger partial charge in [-0.2, -0.15) is 0 Å². The van der Waals surface area contributed by atoms with E-state index in [4.69, 9.17) is 0 Å². The van der Waals surface area contributed by atoms with Gasteiger partial charge in [-0.1, -0.05) is 42.1 Å². The first-order chi connectivity index (χ1) is 8.61. The summed E-state index contributed by atoms with van der Waals surface area (Å²) in [6.45, 7) is 1.53. The van der Waals surface area contributed by atoms with Crippen molar-refractivity contribution in [3.8, 4) is 0 Å². The topological polar surface area (TPSA) is 58.2 Å². The van der Waals surface area contributed by atoms with Crippen LogP contribution in [0.2, 0.25) is 0 Å². The quantitative estimate of drug-likeness (QED) is 0.854. The summed E-state index contributed by atoms with van der Waals surface area (Å²) in [4.78, 5) is 22.3. The lowest BCUT2D eigenvalue weighted by atomic mass is 10.1. The third-order valence-electron chi connectivity index (χ3n) is 2.37. The van der Waals surface area contributed by atoms with Crippen LogP contribution in [0.4, 0.5) is 4.79 Å². The van der Waals surface area contributed by atoms with Crippen LogP contribution in [-0.4, -0.2) is 30.0 Å². The number of thioether (sulfide) groups is 1. The Morgan fingerprint density at radius 1 is 1.28 bits per heavy atom. The van der Waals surface area contributed by atoms with Crippen molar-refractivity contribution in [3.05, 3.63) is 35.9 Å². The number of carbonyl (C=O) groups is 2. The van der Waals surface area contributed by atoms with E-state index in [2.05, 4.69) is 10.6 Å². The molecule has 4 nitrogen and oxygen atoms in total. The lowest BCUT2D eigenvalue weighted by molar-refractivity contribution is -0.109. The molecule has 1 aromatic carbocycles. The Morgan fingerprint density at radius 2 is 1.94 bits per heavy atom. The van der Waals surface area contributed by atoms with Gasteiger partial charge in [0.2, 0.25) is 0 Å².